The summed E-state index contributed by atoms with van der Waals surface area (Å²) in [5.41, 5.74) is 1.38. The summed E-state index contributed by atoms with van der Waals surface area (Å²) in [6.07, 6.45) is 2.50. The molecule has 0 heterocycles. The first-order chi connectivity index (χ1) is 12.7. The SMILES string of the molecule is CCCCOC(=O)/C(CC(=O)C=C(C)C)=N/NS(=O)(=O)c1ccc(C)cc1. The van der Waals surface area contributed by atoms with Crippen molar-refractivity contribution < 1.29 is 22.7 Å². The fraction of sp³-hybridized carbons (Fsp3) is 0.421. The minimum Gasteiger partial charge on any atom is -0.461 e. The molecular weight excluding hydrogens is 368 g/mol. The number of unbranched alkanes of at least 4 members (excludes halogenated alkanes) is 1. The number of rotatable bonds is 10. The van der Waals surface area contributed by atoms with Gasteiger partial charge >= 0.3 is 5.97 Å². The maximum atomic E-state index is 12.3. The molecule has 0 atom stereocenters. The molecule has 0 saturated carbocycles. The number of nitrogens with one attached hydrogen (secondary N) is 1. The fourth-order valence-corrected chi connectivity index (χ4v) is 2.80. The summed E-state index contributed by atoms with van der Waals surface area (Å²) in [4.78, 5) is 26.2. The summed E-state index contributed by atoms with van der Waals surface area (Å²) in [7, 11) is -3.96. The number of ether oxygens (including phenoxy) is 1. The highest BCUT2D eigenvalue weighted by Gasteiger charge is 2.19. The monoisotopic (exact) mass is 394 g/mol. The molecule has 1 N–H and O–H groups in total. The Hall–Kier alpha value is -2.48. The van der Waals surface area contributed by atoms with E-state index in [9.17, 15) is 18.0 Å². The van der Waals surface area contributed by atoms with Crippen molar-refractivity contribution in [3.8, 4) is 0 Å². The van der Waals surface area contributed by atoms with Crippen LogP contribution in [0.4, 0.5) is 0 Å². The highest BCUT2D eigenvalue weighted by atomic mass is 32.2. The number of carbonyl (C=O) groups excluding carboxylic acids is 2. The second-order valence-electron chi connectivity index (χ2n) is 6.32. The summed E-state index contributed by atoms with van der Waals surface area (Å²) in [5, 5.41) is 3.67. The summed E-state index contributed by atoms with van der Waals surface area (Å²) >= 11 is 0. The van der Waals surface area contributed by atoms with Crippen molar-refractivity contribution in [2.75, 3.05) is 6.61 Å². The largest absolute Gasteiger partial charge is 0.461 e. The molecule has 0 radical (unpaired) electrons. The topological polar surface area (TPSA) is 102 Å². The summed E-state index contributed by atoms with van der Waals surface area (Å²) in [6.45, 7) is 7.44. The molecule has 0 aliphatic carbocycles. The number of aryl methyl sites for hydroxylation is 1. The van der Waals surface area contributed by atoms with E-state index >= 15 is 0 Å². The number of carbonyl (C=O) groups is 2. The van der Waals surface area contributed by atoms with E-state index < -0.39 is 16.0 Å². The predicted molar refractivity (Wildman–Crippen MR) is 104 cm³/mol. The van der Waals surface area contributed by atoms with Crippen LogP contribution in [0.1, 0.15) is 45.6 Å². The lowest BCUT2D eigenvalue weighted by molar-refractivity contribution is -0.136. The number of hydrogen-bond acceptors (Lipinski definition) is 6. The van der Waals surface area contributed by atoms with Crippen molar-refractivity contribution in [3.63, 3.8) is 0 Å². The Balaban J connectivity index is 3.01. The summed E-state index contributed by atoms with van der Waals surface area (Å²) in [6, 6.07) is 6.16. The smallest absolute Gasteiger partial charge is 0.354 e. The molecule has 0 aromatic heterocycles. The molecule has 0 amide bonds. The lowest BCUT2D eigenvalue weighted by Crippen LogP contribution is -2.27. The molecule has 1 aromatic rings. The number of ketones is 1. The number of esters is 1. The number of hydrogen-bond donors (Lipinski definition) is 1. The molecule has 0 bridgehead atoms. The highest BCUT2D eigenvalue weighted by Crippen LogP contribution is 2.10. The Morgan fingerprint density at radius 3 is 2.37 bits per heavy atom. The molecule has 0 aliphatic rings. The van der Waals surface area contributed by atoms with E-state index in [4.69, 9.17) is 4.74 Å². The molecule has 1 aromatic carbocycles. The first kappa shape index (κ1) is 22.6. The van der Waals surface area contributed by atoms with Crippen LogP contribution >= 0.6 is 0 Å². The number of nitrogens with zero attached hydrogens (tertiary/aromatic N) is 1. The van der Waals surface area contributed by atoms with E-state index in [1.807, 2.05) is 18.7 Å². The summed E-state index contributed by atoms with van der Waals surface area (Å²) in [5.74, 6) is -1.18. The van der Waals surface area contributed by atoms with Crippen molar-refractivity contribution in [1.82, 2.24) is 4.83 Å². The predicted octanol–water partition coefficient (Wildman–Crippen LogP) is 2.90. The maximum Gasteiger partial charge on any atom is 0.354 e. The maximum absolute atomic E-state index is 12.3. The molecular formula is C19H26N2O5S. The molecule has 1 rings (SSSR count). The van der Waals surface area contributed by atoms with Crippen molar-refractivity contribution >= 4 is 27.5 Å². The average molecular weight is 394 g/mol. The van der Waals surface area contributed by atoms with Crippen LogP contribution in [0.25, 0.3) is 0 Å². The fourth-order valence-electron chi connectivity index (χ4n) is 1.97. The highest BCUT2D eigenvalue weighted by molar-refractivity contribution is 7.89. The van der Waals surface area contributed by atoms with Gasteiger partial charge in [0.25, 0.3) is 10.0 Å². The van der Waals surface area contributed by atoms with Gasteiger partial charge in [-0.15, -0.1) is 0 Å². The standard InChI is InChI=1S/C19H26N2O5S/c1-5-6-11-26-19(23)18(13-16(22)12-14(2)3)20-21-27(24,25)17-9-7-15(4)8-10-17/h7-10,12,21H,5-6,11,13H2,1-4H3/b20-18+. The average Bonchev–Trinajstić information content (AvgIpc) is 2.58. The number of allylic oxidation sites excluding steroid dienone is 2. The van der Waals surface area contributed by atoms with Crippen LogP contribution in [-0.2, 0) is 24.3 Å². The van der Waals surface area contributed by atoms with Gasteiger partial charge in [0.1, 0.15) is 0 Å². The Bertz CT molecular complexity index is 820. The third-order valence-corrected chi connectivity index (χ3v) is 4.61. The number of hydrazone groups is 1. The molecule has 7 nitrogen and oxygen atoms in total. The van der Waals surface area contributed by atoms with Gasteiger partial charge in [-0.3, -0.25) is 4.79 Å². The first-order valence-corrected chi connectivity index (χ1v) is 10.1. The minimum absolute atomic E-state index is 0.00572. The molecule has 0 fully saturated rings. The molecule has 148 valence electrons. The van der Waals surface area contributed by atoms with E-state index in [-0.39, 0.29) is 29.4 Å². The third-order valence-electron chi connectivity index (χ3n) is 3.39. The molecule has 0 spiro atoms. The zero-order valence-electron chi connectivity index (χ0n) is 16.1. The third kappa shape index (κ3) is 8.17. The molecule has 0 saturated heterocycles. The minimum atomic E-state index is -3.96. The molecule has 0 aliphatic heterocycles. The number of sulfonamides is 1. The normalized spacial score (nSPS) is 11.6. The van der Waals surface area contributed by atoms with Crippen LogP contribution in [-0.4, -0.2) is 32.5 Å². The van der Waals surface area contributed by atoms with Crippen molar-refractivity contribution in [2.45, 2.75) is 51.9 Å². The van der Waals surface area contributed by atoms with E-state index in [1.54, 1.807) is 26.0 Å². The van der Waals surface area contributed by atoms with Gasteiger partial charge < -0.3 is 4.74 Å². The van der Waals surface area contributed by atoms with Crippen LogP contribution in [0.3, 0.4) is 0 Å². The van der Waals surface area contributed by atoms with Crippen LogP contribution < -0.4 is 4.83 Å². The van der Waals surface area contributed by atoms with Gasteiger partial charge in [-0.05, 0) is 45.4 Å². The second-order valence-corrected chi connectivity index (χ2v) is 7.98. The quantitative estimate of drug-likeness (QED) is 0.216. The Kier molecular flexibility index (Phi) is 8.87. The Labute approximate surface area is 160 Å². The van der Waals surface area contributed by atoms with Gasteiger partial charge in [-0.2, -0.15) is 18.4 Å². The molecule has 0 unspecified atom stereocenters. The first-order valence-electron chi connectivity index (χ1n) is 8.65. The van der Waals surface area contributed by atoms with Crippen LogP contribution in [0, 0.1) is 6.92 Å². The zero-order chi connectivity index (χ0) is 20.4. The Morgan fingerprint density at radius 1 is 1.19 bits per heavy atom. The van der Waals surface area contributed by atoms with E-state index in [1.165, 1.54) is 18.2 Å². The van der Waals surface area contributed by atoms with Crippen LogP contribution in [0.2, 0.25) is 0 Å². The van der Waals surface area contributed by atoms with Gasteiger partial charge in [0.15, 0.2) is 11.5 Å². The summed E-state index contributed by atoms with van der Waals surface area (Å²) < 4.78 is 29.7. The molecule has 8 heteroatoms. The van der Waals surface area contributed by atoms with Crippen LogP contribution in [0.5, 0.6) is 0 Å². The zero-order valence-corrected chi connectivity index (χ0v) is 16.9. The number of benzene rings is 1. The van der Waals surface area contributed by atoms with Crippen molar-refractivity contribution in [3.05, 3.63) is 41.5 Å². The molecule has 27 heavy (non-hydrogen) atoms. The Morgan fingerprint density at radius 2 is 1.81 bits per heavy atom. The van der Waals surface area contributed by atoms with Gasteiger partial charge in [0.2, 0.25) is 0 Å². The van der Waals surface area contributed by atoms with E-state index in [0.29, 0.717) is 6.42 Å². The van der Waals surface area contributed by atoms with Gasteiger partial charge in [0.05, 0.1) is 17.9 Å². The van der Waals surface area contributed by atoms with Gasteiger partial charge in [0, 0.05) is 0 Å². The van der Waals surface area contributed by atoms with Crippen LogP contribution in [0.15, 0.2) is 45.9 Å². The lowest BCUT2D eigenvalue weighted by atomic mass is 10.1. The van der Waals surface area contributed by atoms with Gasteiger partial charge in [-0.1, -0.05) is 36.6 Å². The van der Waals surface area contributed by atoms with E-state index in [0.717, 1.165) is 17.6 Å². The van der Waals surface area contributed by atoms with E-state index in [2.05, 4.69) is 5.10 Å². The second kappa shape index (κ2) is 10.6. The van der Waals surface area contributed by atoms with Gasteiger partial charge in [-0.25, -0.2) is 4.79 Å². The lowest BCUT2D eigenvalue weighted by Gasteiger charge is -2.08. The van der Waals surface area contributed by atoms with Crippen molar-refractivity contribution in [1.29, 1.82) is 0 Å². The van der Waals surface area contributed by atoms with Crippen molar-refractivity contribution in [2.24, 2.45) is 5.10 Å².